The number of aromatic hydroxyl groups is 1. The number of ether oxygens (including phenoxy) is 2. The van der Waals surface area contributed by atoms with Crippen molar-refractivity contribution in [3.63, 3.8) is 0 Å². The fourth-order valence-electron chi connectivity index (χ4n) is 3.22. The summed E-state index contributed by atoms with van der Waals surface area (Å²) < 4.78 is 11.6. The van der Waals surface area contributed by atoms with Crippen LogP contribution < -0.4 is 14.7 Å². The van der Waals surface area contributed by atoms with Gasteiger partial charge in [-0.2, -0.15) is 0 Å². The van der Waals surface area contributed by atoms with Gasteiger partial charge in [-0.15, -0.1) is 0 Å². The summed E-state index contributed by atoms with van der Waals surface area (Å²) in [5.41, 5.74) is 1.54. The highest BCUT2D eigenvalue weighted by Crippen LogP contribution is 2.41. The second kappa shape index (κ2) is 7.82. The molecule has 0 atom stereocenters. The fourth-order valence-corrected chi connectivity index (χ4v) is 4.99. The Balaban J connectivity index is 2.34. The molecule has 0 unspecified atom stereocenters. The molecule has 0 fully saturated rings. The van der Waals surface area contributed by atoms with E-state index in [2.05, 4.69) is 66.8 Å². The monoisotopic (exact) mass is 400 g/mol. The molecular formula is C24H36O3Si. The molecule has 3 nitrogen and oxygen atoms in total. The highest BCUT2D eigenvalue weighted by molar-refractivity contribution is 6.89. The van der Waals surface area contributed by atoms with Crippen LogP contribution in [0.4, 0.5) is 0 Å². The molecule has 2 rings (SSSR count). The van der Waals surface area contributed by atoms with Gasteiger partial charge >= 0.3 is 0 Å². The lowest BCUT2D eigenvalue weighted by Crippen LogP contribution is -2.47. The number of benzene rings is 2. The molecule has 0 saturated carbocycles. The van der Waals surface area contributed by atoms with Crippen LogP contribution in [0.1, 0.15) is 52.7 Å². The van der Waals surface area contributed by atoms with E-state index in [9.17, 15) is 5.11 Å². The third-order valence-electron chi connectivity index (χ3n) is 5.17. The molecule has 0 radical (unpaired) electrons. The highest BCUT2D eigenvalue weighted by atomic mass is 28.3. The molecule has 0 aliphatic heterocycles. The molecule has 0 aliphatic carbocycles. The van der Waals surface area contributed by atoms with Crippen molar-refractivity contribution in [2.75, 3.05) is 13.3 Å². The molecule has 0 heterocycles. The van der Waals surface area contributed by atoms with E-state index in [0.29, 0.717) is 12.0 Å². The van der Waals surface area contributed by atoms with E-state index in [4.69, 9.17) is 9.47 Å². The molecule has 0 spiro atoms. The zero-order valence-electron chi connectivity index (χ0n) is 18.9. The first kappa shape index (κ1) is 22.3. The quantitative estimate of drug-likeness (QED) is 0.671. The van der Waals surface area contributed by atoms with E-state index < -0.39 is 8.07 Å². The van der Waals surface area contributed by atoms with Gasteiger partial charge in [0.05, 0.1) is 13.3 Å². The van der Waals surface area contributed by atoms with Gasteiger partial charge in [0.15, 0.2) is 0 Å². The second-order valence-corrected chi connectivity index (χ2v) is 14.9. The van der Waals surface area contributed by atoms with Crippen LogP contribution in [-0.2, 0) is 10.8 Å². The van der Waals surface area contributed by atoms with Crippen molar-refractivity contribution < 1.29 is 14.6 Å². The maximum absolute atomic E-state index is 10.9. The average molecular weight is 401 g/mol. The van der Waals surface area contributed by atoms with Crippen LogP contribution in [0.25, 0.3) is 0 Å². The summed E-state index contributed by atoms with van der Waals surface area (Å²) in [5.74, 6) is 2.10. The Labute approximate surface area is 171 Å². The summed E-state index contributed by atoms with van der Waals surface area (Å²) in [6, 6.07) is 12.3. The van der Waals surface area contributed by atoms with Crippen molar-refractivity contribution in [3.05, 3.63) is 47.5 Å². The number of phenolic OH excluding ortho intramolecular Hbond substituents is 1. The Morgan fingerprint density at radius 1 is 0.821 bits per heavy atom. The lowest BCUT2D eigenvalue weighted by Gasteiger charge is -2.29. The molecule has 2 aromatic rings. The number of phenols is 1. The van der Waals surface area contributed by atoms with E-state index >= 15 is 0 Å². The maximum atomic E-state index is 10.9. The van der Waals surface area contributed by atoms with Crippen LogP contribution >= 0.6 is 0 Å². The highest BCUT2D eigenvalue weighted by Gasteiger charge is 2.29. The molecule has 28 heavy (non-hydrogen) atoms. The van der Waals surface area contributed by atoms with Gasteiger partial charge in [-0.05, 0) is 35.1 Å². The molecule has 1 N–H and O–H groups in total. The van der Waals surface area contributed by atoms with Crippen LogP contribution in [0.3, 0.4) is 0 Å². The minimum Gasteiger partial charge on any atom is -0.507 e. The molecule has 0 saturated heterocycles. The van der Waals surface area contributed by atoms with Gasteiger partial charge in [0.2, 0.25) is 0 Å². The summed E-state index contributed by atoms with van der Waals surface area (Å²) in [6.07, 6.45) is 0.678. The standard InChI is InChI=1S/C24H36O3Si/c1-23(2,3)20-14-18(15-21(22(20)25)24(4,5)6)27-16-28(8,9)19-12-10-17(26-7)11-13-19/h10-15,25H,16H2,1-9H3. The molecule has 2 aromatic carbocycles. The largest absolute Gasteiger partial charge is 0.507 e. The fraction of sp³-hybridized carbons (Fsp3) is 0.500. The number of rotatable bonds is 5. The van der Waals surface area contributed by atoms with Crippen molar-refractivity contribution >= 4 is 13.3 Å². The first-order chi connectivity index (χ1) is 12.8. The zero-order valence-corrected chi connectivity index (χ0v) is 19.9. The maximum Gasteiger partial charge on any atom is 0.124 e. The van der Waals surface area contributed by atoms with Crippen molar-refractivity contribution in [2.45, 2.75) is 65.5 Å². The molecule has 0 aliphatic rings. The Morgan fingerprint density at radius 2 is 1.29 bits per heavy atom. The topological polar surface area (TPSA) is 38.7 Å². The molecule has 0 bridgehead atoms. The lowest BCUT2D eigenvalue weighted by atomic mass is 9.79. The smallest absolute Gasteiger partial charge is 0.124 e. The molecule has 0 amide bonds. The SMILES string of the molecule is COc1ccc([Si](C)(C)COc2cc(C(C)(C)C)c(O)c(C(C)(C)C)c2)cc1. The average Bonchev–Trinajstić information content (AvgIpc) is 2.59. The van der Waals surface area contributed by atoms with E-state index in [-0.39, 0.29) is 10.8 Å². The zero-order chi connectivity index (χ0) is 21.3. The van der Waals surface area contributed by atoms with Crippen LogP contribution in [0.15, 0.2) is 36.4 Å². The number of hydrogen-bond acceptors (Lipinski definition) is 3. The van der Waals surface area contributed by atoms with Gasteiger partial charge in [-0.1, -0.05) is 72.0 Å². The number of hydrogen-bond donors (Lipinski definition) is 1. The Bertz CT molecular complexity index is 774. The van der Waals surface area contributed by atoms with E-state index in [1.54, 1.807) is 7.11 Å². The Hall–Kier alpha value is -1.94. The van der Waals surface area contributed by atoms with Gasteiger partial charge in [-0.25, -0.2) is 0 Å². The lowest BCUT2D eigenvalue weighted by molar-refractivity contribution is 0.369. The third-order valence-corrected chi connectivity index (χ3v) is 7.93. The summed E-state index contributed by atoms with van der Waals surface area (Å²) in [7, 11) is -0.0927. The van der Waals surface area contributed by atoms with Crippen LogP contribution in [0, 0.1) is 0 Å². The van der Waals surface area contributed by atoms with Gasteiger partial charge in [0.1, 0.15) is 25.3 Å². The van der Waals surface area contributed by atoms with Gasteiger partial charge in [0.25, 0.3) is 0 Å². The van der Waals surface area contributed by atoms with Crippen LogP contribution in [-0.4, -0.2) is 26.5 Å². The van der Waals surface area contributed by atoms with Crippen LogP contribution in [0.2, 0.25) is 13.1 Å². The van der Waals surface area contributed by atoms with Crippen molar-refractivity contribution in [1.82, 2.24) is 0 Å². The van der Waals surface area contributed by atoms with Crippen molar-refractivity contribution in [2.24, 2.45) is 0 Å². The summed E-state index contributed by atoms with van der Waals surface area (Å²) in [4.78, 5) is 0. The third kappa shape index (κ3) is 5.10. The van der Waals surface area contributed by atoms with E-state index in [1.165, 1.54) is 5.19 Å². The molecule has 0 aromatic heterocycles. The minimum absolute atomic E-state index is 0.160. The minimum atomic E-state index is -1.78. The van der Waals surface area contributed by atoms with Gasteiger partial charge in [0, 0.05) is 11.1 Å². The first-order valence-electron chi connectivity index (χ1n) is 9.91. The van der Waals surface area contributed by atoms with Crippen molar-refractivity contribution in [1.29, 1.82) is 0 Å². The second-order valence-electron chi connectivity index (χ2n) is 10.3. The van der Waals surface area contributed by atoms with Gasteiger partial charge in [-0.3, -0.25) is 0 Å². The molecule has 4 heteroatoms. The predicted molar refractivity (Wildman–Crippen MR) is 121 cm³/mol. The Morgan fingerprint density at radius 3 is 1.68 bits per heavy atom. The summed E-state index contributed by atoms with van der Waals surface area (Å²) >= 11 is 0. The summed E-state index contributed by atoms with van der Waals surface area (Å²) in [5, 5.41) is 12.2. The number of methoxy groups -OCH3 is 1. The van der Waals surface area contributed by atoms with Crippen molar-refractivity contribution in [3.8, 4) is 17.2 Å². The molecule has 154 valence electrons. The normalized spacial score (nSPS) is 12.8. The predicted octanol–water partition coefficient (Wildman–Crippen LogP) is 5.53. The first-order valence-corrected chi connectivity index (χ1v) is 13.1. The molecular weight excluding hydrogens is 364 g/mol. The van der Waals surface area contributed by atoms with E-state index in [0.717, 1.165) is 22.6 Å². The van der Waals surface area contributed by atoms with Crippen LogP contribution in [0.5, 0.6) is 17.2 Å². The summed E-state index contributed by atoms with van der Waals surface area (Å²) in [6.45, 7) is 17.3. The Kier molecular flexibility index (Phi) is 6.24. The van der Waals surface area contributed by atoms with Gasteiger partial charge < -0.3 is 14.6 Å². The van der Waals surface area contributed by atoms with E-state index in [1.807, 2.05) is 24.3 Å².